The van der Waals surface area contributed by atoms with Crippen molar-refractivity contribution < 1.29 is 14.4 Å². The molecule has 4 aromatic carbocycles. The summed E-state index contributed by atoms with van der Waals surface area (Å²) in [7, 11) is 0. The number of nitro benzene ring substituents is 1. The molecule has 0 unspecified atom stereocenters. The van der Waals surface area contributed by atoms with Crippen LogP contribution in [0.4, 0.5) is 5.69 Å². The highest BCUT2D eigenvalue weighted by Gasteiger charge is 2.22. The SMILES string of the molecule is CCOc1cc(C)c(-c2nc3ccccc3c(=O)n2N=Cc2cc(Cl)cc([N+](=O)[O-])c2OCc2ccccc2)cc1C(C)C. The van der Waals surface area contributed by atoms with Crippen LogP contribution in [0.5, 0.6) is 11.5 Å². The molecular formula is C34H31ClN4O5. The summed E-state index contributed by atoms with van der Waals surface area (Å²) in [5.74, 6) is 1.20. The van der Waals surface area contributed by atoms with Crippen molar-refractivity contribution in [1.82, 2.24) is 9.66 Å². The highest BCUT2D eigenvalue weighted by molar-refractivity contribution is 6.31. The van der Waals surface area contributed by atoms with Crippen molar-refractivity contribution >= 4 is 34.4 Å². The lowest BCUT2D eigenvalue weighted by atomic mass is 9.96. The molecular weight excluding hydrogens is 580 g/mol. The Kier molecular flexibility index (Phi) is 9.06. The Balaban J connectivity index is 1.70. The second kappa shape index (κ2) is 13.1. The fraction of sp³-hybridized carbons (Fsp3) is 0.206. The molecule has 0 spiro atoms. The van der Waals surface area contributed by atoms with Crippen molar-refractivity contribution in [3.05, 3.63) is 127 Å². The number of hydrogen-bond donors (Lipinski definition) is 0. The Hall–Kier alpha value is -5.02. The molecule has 10 heteroatoms. The molecule has 9 nitrogen and oxygen atoms in total. The average Bonchev–Trinajstić information content (AvgIpc) is 3.00. The second-order valence-corrected chi connectivity index (χ2v) is 10.9. The minimum atomic E-state index is -0.560. The molecule has 0 aliphatic carbocycles. The lowest BCUT2D eigenvalue weighted by Crippen LogP contribution is -2.21. The number of aryl methyl sites for hydroxylation is 1. The van der Waals surface area contributed by atoms with Crippen molar-refractivity contribution in [3.63, 3.8) is 0 Å². The molecule has 0 saturated carbocycles. The largest absolute Gasteiger partial charge is 0.494 e. The first-order valence-electron chi connectivity index (χ1n) is 14.2. The average molecular weight is 611 g/mol. The van der Waals surface area contributed by atoms with Gasteiger partial charge in [0, 0.05) is 22.2 Å². The Morgan fingerprint density at radius 3 is 2.48 bits per heavy atom. The zero-order valence-electron chi connectivity index (χ0n) is 24.8. The summed E-state index contributed by atoms with van der Waals surface area (Å²) in [6.07, 6.45) is 1.34. The van der Waals surface area contributed by atoms with Gasteiger partial charge in [-0.1, -0.05) is 67.9 Å². The fourth-order valence-electron chi connectivity index (χ4n) is 4.91. The molecule has 0 bridgehead atoms. The number of halogens is 1. The van der Waals surface area contributed by atoms with Crippen LogP contribution < -0.4 is 15.0 Å². The van der Waals surface area contributed by atoms with Gasteiger partial charge >= 0.3 is 5.69 Å². The van der Waals surface area contributed by atoms with Crippen molar-refractivity contribution in [3.8, 4) is 22.9 Å². The van der Waals surface area contributed by atoms with Gasteiger partial charge in [-0.2, -0.15) is 9.78 Å². The third-order valence-electron chi connectivity index (χ3n) is 7.07. The van der Waals surface area contributed by atoms with Crippen molar-refractivity contribution in [2.75, 3.05) is 6.61 Å². The number of aromatic nitrogens is 2. The van der Waals surface area contributed by atoms with Gasteiger partial charge in [-0.05, 0) is 66.8 Å². The van der Waals surface area contributed by atoms with E-state index in [2.05, 4.69) is 18.9 Å². The van der Waals surface area contributed by atoms with E-state index in [-0.39, 0.29) is 34.5 Å². The van der Waals surface area contributed by atoms with Crippen LogP contribution in [0, 0.1) is 17.0 Å². The minimum Gasteiger partial charge on any atom is -0.494 e. The predicted octanol–water partition coefficient (Wildman–Crippen LogP) is 7.92. The summed E-state index contributed by atoms with van der Waals surface area (Å²) in [6.45, 7) is 8.59. The second-order valence-electron chi connectivity index (χ2n) is 10.5. The molecule has 0 aliphatic heterocycles. The molecule has 1 heterocycles. The van der Waals surface area contributed by atoms with Crippen LogP contribution in [0.2, 0.25) is 5.02 Å². The number of hydrogen-bond acceptors (Lipinski definition) is 7. The van der Waals surface area contributed by atoms with Crippen LogP contribution in [0.15, 0.2) is 88.8 Å². The summed E-state index contributed by atoms with van der Waals surface area (Å²) in [6, 6.07) is 23.0. The molecule has 5 rings (SSSR count). The Bertz CT molecular complexity index is 1940. The number of benzene rings is 4. The number of rotatable bonds is 10. The van der Waals surface area contributed by atoms with Crippen LogP contribution in [-0.2, 0) is 6.61 Å². The van der Waals surface area contributed by atoms with Crippen LogP contribution in [0.3, 0.4) is 0 Å². The van der Waals surface area contributed by atoms with Gasteiger partial charge in [-0.15, -0.1) is 0 Å². The summed E-state index contributed by atoms with van der Waals surface area (Å²) in [5, 5.41) is 17.1. The van der Waals surface area contributed by atoms with Crippen molar-refractivity contribution in [2.24, 2.45) is 5.10 Å². The van der Waals surface area contributed by atoms with Crippen molar-refractivity contribution in [2.45, 2.75) is 40.2 Å². The highest BCUT2D eigenvalue weighted by atomic mass is 35.5. The van der Waals surface area contributed by atoms with Gasteiger partial charge in [0.15, 0.2) is 5.82 Å². The summed E-state index contributed by atoms with van der Waals surface area (Å²) in [5.41, 5.74) is 3.37. The molecule has 0 aliphatic rings. The highest BCUT2D eigenvalue weighted by Crippen LogP contribution is 2.36. The first kappa shape index (κ1) is 30.4. The standard InChI is InChI=1S/C34H31ClN4O5/c1-5-43-31-15-22(4)28(18-27(31)21(2)3)33-37-29-14-10-9-13-26(29)34(40)38(33)36-19-24-16-25(35)17-30(39(41)42)32(24)44-20-23-11-7-6-8-12-23/h6-19,21H,5,20H2,1-4H3. The minimum absolute atomic E-state index is 0.0188. The van der Waals surface area contributed by atoms with E-state index in [9.17, 15) is 14.9 Å². The molecule has 5 aromatic rings. The van der Waals surface area contributed by atoms with E-state index in [1.807, 2.05) is 62.4 Å². The van der Waals surface area contributed by atoms with Crippen LogP contribution in [0.1, 0.15) is 48.9 Å². The van der Waals surface area contributed by atoms with E-state index >= 15 is 0 Å². The zero-order chi connectivity index (χ0) is 31.4. The number of para-hydroxylation sites is 1. The summed E-state index contributed by atoms with van der Waals surface area (Å²) >= 11 is 6.30. The first-order valence-corrected chi connectivity index (χ1v) is 14.5. The van der Waals surface area contributed by atoms with E-state index in [4.69, 9.17) is 26.1 Å². The van der Waals surface area contributed by atoms with E-state index in [0.29, 0.717) is 28.9 Å². The number of fused-ring (bicyclic) bond motifs is 1. The van der Waals surface area contributed by atoms with E-state index in [0.717, 1.165) is 22.4 Å². The molecule has 44 heavy (non-hydrogen) atoms. The molecule has 224 valence electrons. The van der Waals surface area contributed by atoms with Gasteiger partial charge < -0.3 is 9.47 Å². The molecule has 1 aromatic heterocycles. The lowest BCUT2D eigenvalue weighted by molar-refractivity contribution is -0.385. The third kappa shape index (κ3) is 6.33. The van der Waals surface area contributed by atoms with Gasteiger partial charge in [0.1, 0.15) is 12.4 Å². The Morgan fingerprint density at radius 1 is 1.05 bits per heavy atom. The number of ether oxygens (including phenoxy) is 2. The Labute approximate surface area is 259 Å². The third-order valence-corrected chi connectivity index (χ3v) is 7.29. The monoisotopic (exact) mass is 610 g/mol. The molecule has 0 amide bonds. The maximum atomic E-state index is 13.9. The molecule has 0 radical (unpaired) electrons. The number of nitrogens with zero attached hydrogens (tertiary/aromatic N) is 4. The van der Waals surface area contributed by atoms with Gasteiger partial charge in [-0.3, -0.25) is 14.9 Å². The van der Waals surface area contributed by atoms with E-state index < -0.39 is 10.5 Å². The normalized spacial score (nSPS) is 11.4. The molecule has 0 saturated heterocycles. The summed E-state index contributed by atoms with van der Waals surface area (Å²) < 4.78 is 13.1. The number of nitro groups is 1. The van der Waals surface area contributed by atoms with Gasteiger partial charge in [0.2, 0.25) is 5.75 Å². The Morgan fingerprint density at radius 2 is 1.77 bits per heavy atom. The smallest absolute Gasteiger partial charge is 0.313 e. The van der Waals surface area contributed by atoms with E-state index in [1.165, 1.54) is 23.0 Å². The molecule has 0 N–H and O–H groups in total. The molecule has 0 fully saturated rings. The van der Waals surface area contributed by atoms with Crippen LogP contribution in [0.25, 0.3) is 22.3 Å². The van der Waals surface area contributed by atoms with Crippen LogP contribution in [-0.4, -0.2) is 27.4 Å². The first-order chi connectivity index (χ1) is 21.2. The lowest BCUT2D eigenvalue weighted by Gasteiger charge is -2.18. The fourth-order valence-corrected chi connectivity index (χ4v) is 5.14. The van der Waals surface area contributed by atoms with Gasteiger partial charge in [0.25, 0.3) is 5.56 Å². The van der Waals surface area contributed by atoms with E-state index in [1.54, 1.807) is 18.2 Å². The maximum absolute atomic E-state index is 13.9. The zero-order valence-corrected chi connectivity index (χ0v) is 25.5. The van der Waals surface area contributed by atoms with Crippen LogP contribution >= 0.6 is 11.6 Å². The van der Waals surface area contributed by atoms with Gasteiger partial charge in [-0.25, -0.2) is 4.98 Å². The summed E-state index contributed by atoms with van der Waals surface area (Å²) in [4.78, 5) is 30.2. The van der Waals surface area contributed by atoms with Crippen molar-refractivity contribution in [1.29, 1.82) is 0 Å². The molecule has 0 atom stereocenters. The maximum Gasteiger partial charge on any atom is 0.313 e. The predicted molar refractivity (Wildman–Crippen MR) is 173 cm³/mol. The quantitative estimate of drug-likeness (QED) is 0.0902. The van der Waals surface area contributed by atoms with Gasteiger partial charge in [0.05, 0.1) is 28.6 Å². The topological polar surface area (TPSA) is 109 Å².